The van der Waals surface area contributed by atoms with Gasteiger partial charge in [0.05, 0.1) is 0 Å². The Bertz CT molecular complexity index is 610. The number of hydrogen-bond donors (Lipinski definition) is 1. The van der Waals surface area contributed by atoms with Gasteiger partial charge in [-0.05, 0) is 49.7 Å². The zero-order chi connectivity index (χ0) is 15.4. The summed E-state index contributed by atoms with van der Waals surface area (Å²) in [5.41, 5.74) is 2.37. The second-order valence-electron chi connectivity index (χ2n) is 5.49. The van der Waals surface area contributed by atoms with Gasteiger partial charge in [0.15, 0.2) is 0 Å². The highest BCUT2D eigenvalue weighted by atomic mass is 79.9. The first-order valence-electron chi connectivity index (χ1n) is 7.26. The van der Waals surface area contributed by atoms with Crippen molar-refractivity contribution in [1.29, 1.82) is 0 Å². The van der Waals surface area contributed by atoms with E-state index in [0.717, 1.165) is 21.5 Å². The van der Waals surface area contributed by atoms with E-state index in [9.17, 15) is 0 Å². The lowest BCUT2D eigenvalue weighted by Crippen LogP contribution is -2.13. The average molecular weight is 348 g/mol. The molecule has 1 atom stereocenters. The summed E-state index contributed by atoms with van der Waals surface area (Å²) in [4.78, 5) is 0. The van der Waals surface area contributed by atoms with E-state index < -0.39 is 0 Å². The number of halogens is 1. The van der Waals surface area contributed by atoms with Crippen LogP contribution in [0.25, 0.3) is 0 Å². The first-order chi connectivity index (χ1) is 10.0. The molecule has 21 heavy (non-hydrogen) atoms. The van der Waals surface area contributed by atoms with Crippen molar-refractivity contribution in [3.8, 4) is 11.5 Å². The molecule has 112 valence electrons. The highest BCUT2D eigenvalue weighted by Crippen LogP contribution is 2.35. The average Bonchev–Trinajstić information content (AvgIpc) is 2.48. The van der Waals surface area contributed by atoms with Gasteiger partial charge < -0.3 is 10.1 Å². The monoisotopic (exact) mass is 347 g/mol. The Morgan fingerprint density at radius 1 is 0.952 bits per heavy atom. The molecule has 2 nitrogen and oxygen atoms in total. The Labute approximate surface area is 135 Å². The largest absolute Gasteiger partial charge is 0.457 e. The van der Waals surface area contributed by atoms with Crippen LogP contribution < -0.4 is 10.1 Å². The van der Waals surface area contributed by atoms with E-state index in [-0.39, 0.29) is 6.04 Å². The standard InChI is InChI=1S/C18H22BrNO/c1-12(2)16-11-14(19)9-10-18(16)21-17-8-6-5-7-15(17)13(3)20-4/h5-13,20H,1-4H3. The molecule has 0 spiro atoms. The summed E-state index contributed by atoms with van der Waals surface area (Å²) in [7, 11) is 1.96. The minimum absolute atomic E-state index is 0.249. The van der Waals surface area contributed by atoms with Crippen LogP contribution in [0, 0.1) is 0 Å². The fraction of sp³-hybridized carbons (Fsp3) is 0.333. The number of ether oxygens (including phenoxy) is 1. The molecule has 2 rings (SSSR count). The lowest BCUT2D eigenvalue weighted by molar-refractivity contribution is 0.458. The van der Waals surface area contributed by atoms with E-state index in [2.05, 4.69) is 54.2 Å². The molecule has 0 fully saturated rings. The number of benzene rings is 2. The van der Waals surface area contributed by atoms with Gasteiger partial charge in [0.25, 0.3) is 0 Å². The molecule has 0 radical (unpaired) electrons. The van der Waals surface area contributed by atoms with Crippen LogP contribution in [0.2, 0.25) is 0 Å². The summed E-state index contributed by atoms with van der Waals surface area (Å²) in [5, 5.41) is 3.27. The van der Waals surface area contributed by atoms with Crippen LogP contribution in [-0.4, -0.2) is 7.05 Å². The first-order valence-corrected chi connectivity index (χ1v) is 8.05. The smallest absolute Gasteiger partial charge is 0.132 e. The Kier molecular flexibility index (Phi) is 5.43. The fourth-order valence-corrected chi connectivity index (χ4v) is 2.65. The molecule has 0 aromatic heterocycles. The third kappa shape index (κ3) is 3.86. The van der Waals surface area contributed by atoms with Crippen molar-refractivity contribution in [2.45, 2.75) is 32.7 Å². The number of rotatable bonds is 5. The summed E-state index contributed by atoms with van der Waals surface area (Å²) < 4.78 is 7.30. The molecular weight excluding hydrogens is 326 g/mol. The Balaban J connectivity index is 2.39. The maximum absolute atomic E-state index is 6.22. The van der Waals surface area contributed by atoms with Gasteiger partial charge in [-0.1, -0.05) is 48.0 Å². The summed E-state index contributed by atoms with van der Waals surface area (Å²) in [6.45, 7) is 6.49. The Morgan fingerprint density at radius 2 is 1.62 bits per heavy atom. The van der Waals surface area contributed by atoms with Crippen LogP contribution in [0.5, 0.6) is 11.5 Å². The number of nitrogens with one attached hydrogen (secondary N) is 1. The minimum Gasteiger partial charge on any atom is -0.457 e. The molecule has 2 aromatic carbocycles. The molecule has 3 heteroatoms. The van der Waals surface area contributed by atoms with Gasteiger partial charge in [-0.15, -0.1) is 0 Å². The van der Waals surface area contributed by atoms with Crippen molar-refractivity contribution >= 4 is 15.9 Å². The van der Waals surface area contributed by atoms with E-state index in [1.165, 1.54) is 5.56 Å². The minimum atomic E-state index is 0.249. The van der Waals surface area contributed by atoms with Gasteiger partial charge in [-0.3, -0.25) is 0 Å². The van der Waals surface area contributed by atoms with E-state index in [1.54, 1.807) is 0 Å². The van der Waals surface area contributed by atoms with Gasteiger partial charge in [-0.2, -0.15) is 0 Å². The molecule has 0 aliphatic heterocycles. The summed E-state index contributed by atoms with van der Waals surface area (Å²) >= 11 is 3.53. The highest BCUT2D eigenvalue weighted by molar-refractivity contribution is 9.10. The topological polar surface area (TPSA) is 21.3 Å². The van der Waals surface area contributed by atoms with Gasteiger partial charge in [-0.25, -0.2) is 0 Å². The third-order valence-corrected chi connectivity index (χ3v) is 4.13. The first kappa shape index (κ1) is 16.1. The van der Waals surface area contributed by atoms with E-state index in [4.69, 9.17) is 4.74 Å². The molecule has 0 bridgehead atoms. The van der Waals surface area contributed by atoms with Crippen molar-refractivity contribution < 1.29 is 4.74 Å². The lowest BCUT2D eigenvalue weighted by Gasteiger charge is -2.19. The van der Waals surface area contributed by atoms with Crippen LogP contribution in [0.4, 0.5) is 0 Å². The molecule has 0 amide bonds. The zero-order valence-corrected chi connectivity index (χ0v) is 14.6. The third-order valence-electron chi connectivity index (χ3n) is 3.63. The Hall–Kier alpha value is -1.32. The fourth-order valence-electron chi connectivity index (χ4n) is 2.27. The molecule has 0 saturated heterocycles. The molecule has 0 aliphatic carbocycles. The van der Waals surface area contributed by atoms with Crippen molar-refractivity contribution in [2.75, 3.05) is 7.05 Å². The van der Waals surface area contributed by atoms with Gasteiger partial charge >= 0.3 is 0 Å². The quantitative estimate of drug-likeness (QED) is 0.754. The van der Waals surface area contributed by atoms with E-state index in [0.29, 0.717) is 5.92 Å². The number of hydrogen-bond acceptors (Lipinski definition) is 2. The SMILES string of the molecule is CNC(C)c1ccccc1Oc1ccc(Br)cc1C(C)C. The van der Waals surface area contributed by atoms with Gasteiger partial charge in [0.2, 0.25) is 0 Å². The van der Waals surface area contributed by atoms with Crippen molar-refractivity contribution in [2.24, 2.45) is 0 Å². The van der Waals surface area contributed by atoms with Crippen LogP contribution in [0.15, 0.2) is 46.9 Å². The highest BCUT2D eigenvalue weighted by Gasteiger charge is 2.13. The molecule has 0 saturated carbocycles. The van der Waals surface area contributed by atoms with E-state index >= 15 is 0 Å². The van der Waals surface area contributed by atoms with Gasteiger partial charge in [0.1, 0.15) is 11.5 Å². The van der Waals surface area contributed by atoms with Crippen LogP contribution >= 0.6 is 15.9 Å². The summed E-state index contributed by atoms with van der Waals surface area (Å²) in [5.74, 6) is 2.24. The zero-order valence-electron chi connectivity index (χ0n) is 13.0. The van der Waals surface area contributed by atoms with Crippen molar-refractivity contribution in [3.05, 3.63) is 58.1 Å². The Morgan fingerprint density at radius 3 is 2.29 bits per heavy atom. The maximum Gasteiger partial charge on any atom is 0.132 e. The second-order valence-corrected chi connectivity index (χ2v) is 6.40. The van der Waals surface area contributed by atoms with Crippen molar-refractivity contribution in [1.82, 2.24) is 5.32 Å². The second kappa shape index (κ2) is 7.10. The molecule has 1 N–H and O–H groups in total. The van der Waals surface area contributed by atoms with Gasteiger partial charge in [0, 0.05) is 16.1 Å². The van der Waals surface area contributed by atoms with Crippen LogP contribution in [0.1, 0.15) is 43.9 Å². The predicted octanol–water partition coefficient (Wildman–Crippen LogP) is 5.65. The van der Waals surface area contributed by atoms with Crippen molar-refractivity contribution in [3.63, 3.8) is 0 Å². The lowest BCUT2D eigenvalue weighted by atomic mass is 10.0. The molecule has 1 unspecified atom stereocenters. The molecule has 2 aromatic rings. The normalized spacial score (nSPS) is 12.5. The van der Waals surface area contributed by atoms with Crippen LogP contribution in [0.3, 0.4) is 0 Å². The molecule has 0 aliphatic rings. The predicted molar refractivity (Wildman–Crippen MR) is 92.2 cm³/mol. The number of para-hydroxylation sites is 1. The maximum atomic E-state index is 6.22. The van der Waals surface area contributed by atoms with E-state index in [1.807, 2.05) is 37.4 Å². The molecule has 0 heterocycles. The van der Waals surface area contributed by atoms with Crippen LogP contribution in [-0.2, 0) is 0 Å². The summed E-state index contributed by atoms with van der Waals surface area (Å²) in [6, 6.07) is 14.6. The summed E-state index contributed by atoms with van der Waals surface area (Å²) in [6.07, 6.45) is 0. The molecular formula is C18H22BrNO.